The molecule has 4 heteroatoms. The van der Waals surface area contributed by atoms with Gasteiger partial charge in [0.25, 0.3) is 0 Å². The molecule has 0 spiro atoms. The molecule has 0 saturated carbocycles. The highest BCUT2D eigenvalue weighted by Gasteiger charge is 2.25. The van der Waals surface area contributed by atoms with E-state index in [0.29, 0.717) is 11.3 Å². The van der Waals surface area contributed by atoms with Gasteiger partial charge in [0, 0.05) is 24.7 Å². The van der Waals surface area contributed by atoms with Crippen LogP contribution in [0.5, 0.6) is 0 Å². The van der Waals surface area contributed by atoms with E-state index in [9.17, 15) is 4.79 Å². The first-order valence-electron chi connectivity index (χ1n) is 7.88. The lowest BCUT2D eigenvalue weighted by Crippen LogP contribution is -2.38. The number of hydrogen-bond donors (Lipinski definition) is 1. The fourth-order valence-corrected chi connectivity index (χ4v) is 2.96. The Balaban J connectivity index is 1.59. The minimum absolute atomic E-state index is 0.00158. The Morgan fingerprint density at radius 2 is 1.70 bits per heavy atom. The van der Waals surface area contributed by atoms with Crippen molar-refractivity contribution in [1.82, 2.24) is 0 Å². The van der Waals surface area contributed by atoms with E-state index in [1.807, 2.05) is 24.3 Å². The molecular formula is C19H19N3O. The summed E-state index contributed by atoms with van der Waals surface area (Å²) >= 11 is 0. The van der Waals surface area contributed by atoms with Gasteiger partial charge in [0.1, 0.15) is 6.07 Å². The number of benzene rings is 2. The maximum Gasteiger partial charge on any atom is 0.227 e. The Kier molecular flexibility index (Phi) is 4.58. The number of amides is 1. The molecule has 0 radical (unpaired) electrons. The minimum Gasteiger partial charge on any atom is -0.371 e. The van der Waals surface area contributed by atoms with E-state index < -0.39 is 0 Å². The number of nitrogens with zero attached hydrogens (tertiary/aromatic N) is 2. The van der Waals surface area contributed by atoms with Gasteiger partial charge in [-0.25, -0.2) is 0 Å². The van der Waals surface area contributed by atoms with Crippen molar-refractivity contribution in [2.45, 2.75) is 12.8 Å². The standard InChI is InChI=1S/C19H19N3O/c20-14-16-6-4-5-9-18(16)21-19(23)15-10-12-22(13-11-15)17-7-2-1-3-8-17/h1-9,15H,10-13H2,(H,21,23). The molecule has 1 aliphatic rings. The first-order chi connectivity index (χ1) is 11.3. The highest BCUT2D eigenvalue weighted by molar-refractivity contribution is 5.93. The van der Waals surface area contributed by atoms with Gasteiger partial charge < -0.3 is 10.2 Å². The number of nitriles is 1. The Morgan fingerprint density at radius 1 is 1.04 bits per heavy atom. The van der Waals surface area contributed by atoms with Crippen LogP contribution in [0.3, 0.4) is 0 Å². The smallest absolute Gasteiger partial charge is 0.227 e. The summed E-state index contributed by atoms with van der Waals surface area (Å²) in [6, 6.07) is 19.5. The Labute approximate surface area is 136 Å². The van der Waals surface area contributed by atoms with Crippen LogP contribution >= 0.6 is 0 Å². The van der Waals surface area contributed by atoms with E-state index in [1.54, 1.807) is 18.2 Å². The predicted molar refractivity (Wildman–Crippen MR) is 91.2 cm³/mol. The zero-order chi connectivity index (χ0) is 16.1. The van der Waals surface area contributed by atoms with E-state index in [0.717, 1.165) is 25.9 Å². The van der Waals surface area contributed by atoms with Crippen molar-refractivity contribution in [3.05, 3.63) is 60.2 Å². The highest BCUT2D eigenvalue weighted by atomic mass is 16.1. The monoisotopic (exact) mass is 305 g/mol. The van der Waals surface area contributed by atoms with Crippen molar-refractivity contribution in [2.75, 3.05) is 23.3 Å². The number of para-hydroxylation sites is 2. The number of carbonyl (C=O) groups is 1. The van der Waals surface area contributed by atoms with E-state index in [-0.39, 0.29) is 11.8 Å². The molecule has 1 aliphatic heterocycles. The molecule has 3 rings (SSSR count). The largest absolute Gasteiger partial charge is 0.371 e. The number of nitrogens with one attached hydrogen (secondary N) is 1. The van der Waals surface area contributed by atoms with Crippen molar-refractivity contribution in [1.29, 1.82) is 5.26 Å². The normalized spacial score (nSPS) is 15.0. The first-order valence-corrected chi connectivity index (χ1v) is 7.88. The number of anilines is 2. The van der Waals surface area contributed by atoms with Gasteiger partial charge in [0.05, 0.1) is 11.3 Å². The third-order valence-electron chi connectivity index (χ3n) is 4.29. The predicted octanol–water partition coefficient (Wildman–Crippen LogP) is 3.41. The van der Waals surface area contributed by atoms with Crippen molar-refractivity contribution < 1.29 is 4.79 Å². The third kappa shape index (κ3) is 3.51. The number of carbonyl (C=O) groups excluding carboxylic acids is 1. The lowest BCUT2D eigenvalue weighted by Gasteiger charge is -2.33. The SMILES string of the molecule is N#Cc1ccccc1NC(=O)C1CCN(c2ccccc2)CC1. The van der Waals surface area contributed by atoms with Crippen LogP contribution in [0.1, 0.15) is 18.4 Å². The zero-order valence-corrected chi connectivity index (χ0v) is 12.9. The molecule has 116 valence electrons. The average Bonchev–Trinajstić information content (AvgIpc) is 2.63. The van der Waals surface area contributed by atoms with Gasteiger partial charge >= 0.3 is 0 Å². The average molecular weight is 305 g/mol. The van der Waals surface area contributed by atoms with Crippen molar-refractivity contribution in [2.24, 2.45) is 5.92 Å². The molecule has 0 bridgehead atoms. The molecule has 0 unspecified atom stereocenters. The summed E-state index contributed by atoms with van der Waals surface area (Å²) in [5.41, 5.74) is 2.31. The molecule has 1 amide bonds. The summed E-state index contributed by atoms with van der Waals surface area (Å²) in [5.74, 6) is 0.0159. The van der Waals surface area contributed by atoms with Gasteiger partial charge in [-0.3, -0.25) is 4.79 Å². The molecule has 23 heavy (non-hydrogen) atoms. The van der Waals surface area contributed by atoms with Gasteiger partial charge in [-0.15, -0.1) is 0 Å². The summed E-state index contributed by atoms with van der Waals surface area (Å²) in [6.07, 6.45) is 1.66. The zero-order valence-electron chi connectivity index (χ0n) is 12.9. The van der Waals surface area contributed by atoms with Crippen LogP contribution in [0.15, 0.2) is 54.6 Å². The van der Waals surface area contributed by atoms with Crippen molar-refractivity contribution in [3.8, 4) is 6.07 Å². The van der Waals surface area contributed by atoms with Crippen LogP contribution in [-0.4, -0.2) is 19.0 Å². The summed E-state index contributed by atoms with van der Waals surface area (Å²) < 4.78 is 0. The molecule has 0 aromatic heterocycles. The summed E-state index contributed by atoms with van der Waals surface area (Å²) in [4.78, 5) is 14.8. The molecule has 1 N–H and O–H groups in total. The van der Waals surface area contributed by atoms with Gasteiger partial charge in [-0.05, 0) is 37.1 Å². The van der Waals surface area contributed by atoms with Crippen LogP contribution in [0.25, 0.3) is 0 Å². The second kappa shape index (κ2) is 6.97. The van der Waals surface area contributed by atoms with E-state index in [2.05, 4.69) is 28.4 Å². The highest BCUT2D eigenvalue weighted by Crippen LogP contribution is 2.24. The molecule has 1 heterocycles. The van der Waals surface area contributed by atoms with Crippen LogP contribution in [0.2, 0.25) is 0 Å². The maximum absolute atomic E-state index is 12.4. The second-order valence-corrected chi connectivity index (χ2v) is 5.74. The lowest BCUT2D eigenvalue weighted by atomic mass is 9.95. The van der Waals surface area contributed by atoms with Crippen molar-refractivity contribution in [3.63, 3.8) is 0 Å². The first kappa shape index (κ1) is 15.1. The fourth-order valence-electron chi connectivity index (χ4n) is 2.96. The summed E-state index contributed by atoms with van der Waals surface area (Å²) in [5, 5.41) is 12.0. The fraction of sp³-hybridized carbons (Fsp3) is 0.263. The molecule has 2 aromatic rings. The van der Waals surface area contributed by atoms with Crippen molar-refractivity contribution >= 4 is 17.3 Å². The van der Waals surface area contributed by atoms with Gasteiger partial charge in [-0.2, -0.15) is 5.26 Å². The minimum atomic E-state index is 0.00158. The van der Waals surface area contributed by atoms with Crippen LogP contribution in [0, 0.1) is 17.2 Å². The van der Waals surface area contributed by atoms with Gasteiger partial charge in [0.2, 0.25) is 5.91 Å². The second-order valence-electron chi connectivity index (χ2n) is 5.74. The molecule has 0 atom stereocenters. The van der Waals surface area contributed by atoms with E-state index in [4.69, 9.17) is 5.26 Å². The molecule has 1 fully saturated rings. The third-order valence-corrected chi connectivity index (χ3v) is 4.29. The molecule has 1 saturated heterocycles. The van der Waals surface area contributed by atoms with Crippen LogP contribution in [-0.2, 0) is 4.79 Å². The summed E-state index contributed by atoms with van der Waals surface area (Å²) in [6.45, 7) is 1.75. The van der Waals surface area contributed by atoms with Gasteiger partial charge in [-0.1, -0.05) is 30.3 Å². The Morgan fingerprint density at radius 3 is 2.39 bits per heavy atom. The van der Waals surface area contributed by atoms with Crippen LogP contribution < -0.4 is 10.2 Å². The molecule has 4 nitrogen and oxygen atoms in total. The number of piperidine rings is 1. The maximum atomic E-state index is 12.4. The van der Waals surface area contributed by atoms with E-state index in [1.165, 1.54) is 5.69 Å². The van der Waals surface area contributed by atoms with Crippen LogP contribution in [0.4, 0.5) is 11.4 Å². The van der Waals surface area contributed by atoms with Gasteiger partial charge in [0.15, 0.2) is 0 Å². The number of rotatable bonds is 3. The summed E-state index contributed by atoms with van der Waals surface area (Å²) in [7, 11) is 0. The Hall–Kier alpha value is -2.80. The topological polar surface area (TPSA) is 56.1 Å². The molecule has 2 aromatic carbocycles. The lowest BCUT2D eigenvalue weighted by molar-refractivity contribution is -0.120. The quantitative estimate of drug-likeness (QED) is 0.945. The molecular weight excluding hydrogens is 286 g/mol. The number of hydrogen-bond acceptors (Lipinski definition) is 3. The molecule has 0 aliphatic carbocycles. The van der Waals surface area contributed by atoms with E-state index >= 15 is 0 Å². The Bertz CT molecular complexity index is 713.